The number of hydrogen-bond donors (Lipinski definition) is 2. The summed E-state index contributed by atoms with van der Waals surface area (Å²) in [5, 5.41) is 14.2. The first-order valence-electron chi connectivity index (χ1n) is 3.89. The Kier molecular flexibility index (Phi) is 6.50. The van der Waals surface area contributed by atoms with E-state index < -0.39 is 0 Å². The van der Waals surface area contributed by atoms with Crippen LogP contribution in [-0.4, -0.2) is 18.4 Å². The number of nitrogens with one attached hydrogen (secondary N) is 1. The Hall–Kier alpha value is -0.370. The average molecular weight is 143 g/mol. The van der Waals surface area contributed by atoms with Gasteiger partial charge in [-0.1, -0.05) is 19.3 Å². The fraction of sp³-hybridized carbons (Fsp3) is 0.875. The van der Waals surface area contributed by atoms with E-state index in [0.29, 0.717) is 12.5 Å². The van der Waals surface area contributed by atoms with Gasteiger partial charge in [0.25, 0.3) is 0 Å². The lowest BCUT2D eigenvalue weighted by Crippen LogP contribution is -2.09. The molecule has 0 unspecified atom stereocenters. The SMILES string of the molecule is C=N.OCC1CCCCC1. The van der Waals surface area contributed by atoms with Crippen molar-refractivity contribution in [2.45, 2.75) is 32.1 Å². The quantitative estimate of drug-likeness (QED) is 0.540. The van der Waals surface area contributed by atoms with Gasteiger partial charge in [0.2, 0.25) is 0 Å². The fourth-order valence-corrected chi connectivity index (χ4v) is 1.37. The molecule has 0 saturated heterocycles. The first-order valence-corrected chi connectivity index (χ1v) is 3.89. The van der Waals surface area contributed by atoms with Gasteiger partial charge in [0, 0.05) is 6.61 Å². The highest BCUT2D eigenvalue weighted by molar-refractivity contribution is 5.15. The molecular formula is C8H17NO. The Morgan fingerprint density at radius 1 is 1.20 bits per heavy atom. The molecule has 0 radical (unpaired) electrons. The average Bonchev–Trinajstić information content (AvgIpc) is 2.10. The minimum Gasteiger partial charge on any atom is -0.396 e. The van der Waals surface area contributed by atoms with Crippen molar-refractivity contribution < 1.29 is 5.11 Å². The van der Waals surface area contributed by atoms with Crippen molar-refractivity contribution in [2.24, 2.45) is 5.92 Å². The monoisotopic (exact) mass is 143 g/mol. The number of rotatable bonds is 1. The summed E-state index contributed by atoms with van der Waals surface area (Å²) in [5.41, 5.74) is 0. The van der Waals surface area contributed by atoms with E-state index in [-0.39, 0.29) is 0 Å². The molecule has 0 heterocycles. The Morgan fingerprint density at radius 2 is 1.70 bits per heavy atom. The first kappa shape index (κ1) is 9.63. The van der Waals surface area contributed by atoms with E-state index in [1.54, 1.807) is 0 Å². The smallest absolute Gasteiger partial charge is 0.0459 e. The van der Waals surface area contributed by atoms with E-state index in [1.165, 1.54) is 32.1 Å². The lowest BCUT2D eigenvalue weighted by atomic mass is 9.90. The predicted octanol–water partition coefficient (Wildman–Crippen LogP) is 1.82. The van der Waals surface area contributed by atoms with E-state index >= 15 is 0 Å². The topological polar surface area (TPSA) is 44.1 Å². The van der Waals surface area contributed by atoms with Crippen molar-refractivity contribution >= 4 is 6.72 Å². The molecule has 0 aromatic rings. The minimum absolute atomic E-state index is 0.417. The standard InChI is InChI=1S/C7H14O.CH3N/c8-6-7-4-2-1-3-5-7;1-2/h7-8H,1-6H2;2H,1H2. The molecule has 1 aliphatic rings. The zero-order valence-corrected chi connectivity index (χ0v) is 6.47. The molecule has 0 aromatic heterocycles. The van der Waals surface area contributed by atoms with Crippen LogP contribution in [0.4, 0.5) is 0 Å². The molecule has 0 spiro atoms. The molecule has 1 fully saturated rings. The molecule has 0 atom stereocenters. The predicted molar refractivity (Wildman–Crippen MR) is 43.5 cm³/mol. The zero-order valence-electron chi connectivity index (χ0n) is 6.47. The summed E-state index contributed by atoms with van der Waals surface area (Å²) in [4.78, 5) is 0. The second-order valence-corrected chi connectivity index (χ2v) is 2.69. The molecule has 0 aliphatic heterocycles. The summed E-state index contributed by atoms with van der Waals surface area (Å²) >= 11 is 0. The summed E-state index contributed by atoms with van der Waals surface area (Å²) in [6.45, 7) is 2.92. The Bertz CT molecular complexity index is 69.7. The molecule has 1 aliphatic carbocycles. The zero-order chi connectivity index (χ0) is 7.82. The van der Waals surface area contributed by atoms with E-state index in [2.05, 4.69) is 6.72 Å². The molecule has 0 amide bonds. The second-order valence-electron chi connectivity index (χ2n) is 2.69. The Labute approximate surface area is 62.8 Å². The van der Waals surface area contributed by atoms with Gasteiger partial charge in [-0.25, -0.2) is 0 Å². The van der Waals surface area contributed by atoms with Crippen LogP contribution in [0.25, 0.3) is 0 Å². The van der Waals surface area contributed by atoms with Crippen LogP contribution in [0.2, 0.25) is 0 Å². The summed E-state index contributed by atoms with van der Waals surface area (Å²) in [6.07, 6.45) is 6.58. The highest BCUT2D eigenvalue weighted by Gasteiger charge is 2.10. The third-order valence-electron chi connectivity index (χ3n) is 1.98. The van der Waals surface area contributed by atoms with Crippen LogP contribution >= 0.6 is 0 Å². The molecule has 1 saturated carbocycles. The largest absolute Gasteiger partial charge is 0.396 e. The van der Waals surface area contributed by atoms with Gasteiger partial charge in [-0.2, -0.15) is 0 Å². The van der Waals surface area contributed by atoms with E-state index in [0.717, 1.165) is 0 Å². The molecule has 0 bridgehead atoms. The molecule has 2 heteroatoms. The highest BCUT2D eigenvalue weighted by Crippen LogP contribution is 2.22. The van der Waals surface area contributed by atoms with Crippen LogP contribution in [0.5, 0.6) is 0 Å². The van der Waals surface area contributed by atoms with E-state index in [1.807, 2.05) is 0 Å². The lowest BCUT2D eigenvalue weighted by Gasteiger charge is -2.18. The summed E-state index contributed by atoms with van der Waals surface area (Å²) < 4.78 is 0. The van der Waals surface area contributed by atoms with Crippen LogP contribution in [-0.2, 0) is 0 Å². The van der Waals surface area contributed by atoms with Crippen LogP contribution in [0.1, 0.15) is 32.1 Å². The first-order chi connectivity index (χ1) is 4.93. The Morgan fingerprint density at radius 3 is 2.00 bits per heavy atom. The maximum absolute atomic E-state index is 8.69. The summed E-state index contributed by atoms with van der Waals surface area (Å²) in [7, 11) is 0. The van der Waals surface area contributed by atoms with Gasteiger partial charge < -0.3 is 10.5 Å². The summed E-state index contributed by atoms with van der Waals surface area (Å²) in [6, 6.07) is 0. The van der Waals surface area contributed by atoms with Gasteiger partial charge in [0.15, 0.2) is 0 Å². The third kappa shape index (κ3) is 3.62. The maximum Gasteiger partial charge on any atom is 0.0459 e. The van der Waals surface area contributed by atoms with Crippen LogP contribution < -0.4 is 0 Å². The highest BCUT2D eigenvalue weighted by atomic mass is 16.3. The van der Waals surface area contributed by atoms with E-state index in [4.69, 9.17) is 10.5 Å². The van der Waals surface area contributed by atoms with Crippen molar-refractivity contribution in [1.82, 2.24) is 0 Å². The summed E-state index contributed by atoms with van der Waals surface area (Å²) in [5.74, 6) is 0.642. The molecule has 2 nitrogen and oxygen atoms in total. The number of hydrogen-bond acceptors (Lipinski definition) is 2. The van der Waals surface area contributed by atoms with Crippen molar-refractivity contribution in [3.05, 3.63) is 0 Å². The van der Waals surface area contributed by atoms with Gasteiger partial charge >= 0.3 is 0 Å². The molecule has 10 heavy (non-hydrogen) atoms. The second kappa shape index (κ2) is 6.75. The van der Waals surface area contributed by atoms with Crippen LogP contribution in [0.3, 0.4) is 0 Å². The van der Waals surface area contributed by atoms with Crippen molar-refractivity contribution in [1.29, 1.82) is 5.41 Å². The normalized spacial score (nSPS) is 19.3. The van der Waals surface area contributed by atoms with Crippen molar-refractivity contribution in [2.75, 3.05) is 6.61 Å². The van der Waals surface area contributed by atoms with Crippen molar-refractivity contribution in [3.8, 4) is 0 Å². The van der Waals surface area contributed by atoms with Crippen LogP contribution in [0, 0.1) is 11.3 Å². The van der Waals surface area contributed by atoms with Crippen molar-refractivity contribution in [3.63, 3.8) is 0 Å². The molecule has 1 rings (SSSR count). The lowest BCUT2D eigenvalue weighted by molar-refractivity contribution is 0.190. The molecule has 2 N–H and O–H groups in total. The van der Waals surface area contributed by atoms with Gasteiger partial charge in [-0.3, -0.25) is 0 Å². The van der Waals surface area contributed by atoms with Gasteiger partial charge in [0.1, 0.15) is 0 Å². The van der Waals surface area contributed by atoms with Crippen LogP contribution in [0.15, 0.2) is 0 Å². The fourth-order valence-electron chi connectivity index (χ4n) is 1.37. The number of aliphatic hydroxyl groups is 1. The number of aliphatic hydroxyl groups excluding tert-OH is 1. The molecule has 60 valence electrons. The maximum atomic E-state index is 8.69. The minimum atomic E-state index is 0.417. The molecular weight excluding hydrogens is 126 g/mol. The third-order valence-corrected chi connectivity index (χ3v) is 1.98. The van der Waals surface area contributed by atoms with E-state index in [9.17, 15) is 0 Å². The Balaban J connectivity index is 0.000000371. The van der Waals surface area contributed by atoms with Gasteiger partial charge in [-0.05, 0) is 25.5 Å². The molecule has 0 aromatic carbocycles. The van der Waals surface area contributed by atoms with Gasteiger partial charge in [-0.15, -0.1) is 0 Å². The van der Waals surface area contributed by atoms with Gasteiger partial charge in [0.05, 0.1) is 0 Å².